The highest BCUT2D eigenvalue weighted by molar-refractivity contribution is 5.03. The molecule has 19 heavy (non-hydrogen) atoms. The molecule has 1 aromatic rings. The van der Waals surface area contributed by atoms with Crippen LogP contribution in [0.1, 0.15) is 32.4 Å². The fraction of sp³-hybridized carbons (Fsp3) is 0.688. The monoisotopic (exact) mass is 261 g/mol. The van der Waals surface area contributed by atoms with Gasteiger partial charge in [0.05, 0.1) is 0 Å². The van der Waals surface area contributed by atoms with Crippen LogP contribution in [0.4, 0.5) is 0 Å². The van der Waals surface area contributed by atoms with Crippen molar-refractivity contribution < 1.29 is 0 Å². The van der Waals surface area contributed by atoms with Crippen molar-refractivity contribution in [1.29, 1.82) is 0 Å². The van der Waals surface area contributed by atoms with Crippen molar-refractivity contribution in [2.24, 2.45) is 5.92 Å². The van der Waals surface area contributed by atoms with E-state index in [9.17, 15) is 0 Å². The molecular formula is C16H27N3. The summed E-state index contributed by atoms with van der Waals surface area (Å²) in [6.45, 7) is 9.32. The lowest BCUT2D eigenvalue weighted by Crippen LogP contribution is -2.42. The molecule has 0 bridgehead atoms. The highest BCUT2D eigenvalue weighted by Gasteiger charge is 2.18. The van der Waals surface area contributed by atoms with E-state index in [1.807, 2.05) is 12.3 Å². The van der Waals surface area contributed by atoms with Crippen LogP contribution in [0.15, 0.2) is 24.4 Å². The average Bonchev–Trinajstić information content (AvgIpc) is 2.45. The van der Waals surface area contributed by atoms with Gasteiger partial charge in [-0.15, -0.1) is 0 Å². The van der Waals surface area contributed by atoms with Crippen molar-refractivity contribution in [3.63, 3.8) is 0 Å². The third-order valence-corrected chi connectivity index (χ3v) is 4.00. The molecule has 2 heterocycles. The summed E-state index contributed by atoms with van der Waals surface area (Å²) in [6, 6.07) is 6.80. The van der Waals surface area contributed by atoms with E-state index in [1.165, 1.54) is 38.2 Å². The van der Waals surface area contributed by atoms with Crippen LogP contribution in [-0.4, -0.2) is 42.1 Å². The molecule has 0 radical (unpaired) electrons. The van der Waals surface area contributed by atoms with Crippen molar-refractivity contribution in [3.8, 4) is 0 Å². The van der Waals surface area contributed by atoms with Crippen LogP contribution in [0, 0.1) is 5.92 Å². The van der Waals surface area contributed by atoms with Crippen LogP contribution < -0.4 is 5.32 Å². The number of nitrogens with one attached hydrogen (secondary N) is 1. The summed E-state index contributed by atoms with van der Waals surface area (Å²) in [5.41, 5.74) is 1.20. The first kappa shape index (κ1) is 14.5. The molecule has 1 fully saturated rings. The van der Waals surface area contributed by atoms with Gasteiger partial charge in [0, 0.05) is 37.4 Å². The standard InChI is InChI=1S/C16H27N3/c1-14(2)19(13-15-6-5-9-17-12-15)11-8-16-7-3-4-10-18-16/h3-4,7,10,14-15,17H,5-6,8-9,11-13H2,1-2H3. The van der Waals surface area contributed by atoms with Gasteiger partial charge in [-0.05, 0) is 57.8 Å². The lowest BCUT2D eigenvalue weighted by molar-refractivity contribution is 0.173. The van der Waals surface area contributed by atoms with Crippen LogP contribution >= 0.6 is 0 Å². The van der Waals surface area contributed by atoms with E-state index in [1.54, 1.807) is 0 Å². The highest BCUT2D eigenvalue weighted by Crippen LogP contribution is 2.14. The van der Waals surface area contributed by atoms with Crippen LogP contribution in [0.5, 0.6) is 0 Å². The number of pyridine rings is 1. The van der Waals surface area contributed by atoms with Gasteiger partial charge >= 0.3 is 0 Å². The highest BCUT2D eigenvalue weighted by atomic mass is 15.1. The quantitative estimate of drug-likeness (QED) is 0.852. The van der Waals surface area contributed by atoms with Gasteiger partial charge in [0.25, 0.3) is 0 Å². The molecule has 2 rings (SSSR count). The maximum Gasteiger partial charge on any atom is 0.0416 e. The molecule has 1 N–H and O–H groups in total. The minimum Gasteiger partial charge on any atom is -0.316 e. The molecule has 106 valence electrons. The molecular weight excluding hydrogens is 234 g/mol. The molecule has 1 unspecified atom stereocenters. The first-order chi connectivity index (χ1) is 9.25. The number of aromatic nitrogens is 1. The van der Waals surface area contributed by atoms with Crippen molar-refractivity contribution >= 4 is 0 Å². The number of hydrogen-bond donors (Lipinski definition) is 1. The Labute approximate surface area is 117 Å². The number of hydrogen-bond acceptors (Lipinski definition) is 3. The lowest BCUT2D eigenvalue weighted by atomic mass is 9.98. The maximum absolute atomic E-state index is 4.42. The summed E-state index contributed by atoms with van der Waals surface area (Å²) < 4.78 is 0. The van der Waals surface area contributed by atoms with E-state index in [2.05, 4.69) is 41.2 Å². The summed E-state index contributed by atoms with van der Waals surface area (Å²) in [6.07, 6.45) is 5.65. The van der Waals surface area contributed by atoms with Crippen LogP contribution in [-0.2, 0) is 6.42 Å². The molecule has 0 aliphatic carbocycles. The van der Waals surface area contributed by atoms with Crippen molar-refractivity contribution in [3.05, 3.63) is 30.1 Å². The number of nitrogens with zero attached hydrogens (tertiary/aromatic N) is 2. The second kappa shape index (κ2) is 7.61. The molecule has 0 saturated carbocycles. The summed E-state index contributed by atoms with van der Waals surface area (Å²) in [5, 5.41) is 3.51. The Hall–Kier alpha value is -0.930. The van der Waals surface area contributed by atoms with Crippen molar-refractivity contribution in [2.45, 2.75) is 39.2 Å². The molecule has 1 aliphatic heterocycles. The van der Waals surface area contributed by atoms with E-state index in [0.717, 1.165) is 18.9 Å². The van der Waals surface area contributed by atoms with E-state index in [0.29, 0.717) is 6.04 Å². The Kier molecular flexibility index (Phi) is 5.80. The van der Waals surface area contributed by atoms with E-state index in [4.69, 9.17) is 0 Å². The van der Waals surface area contributed by atoms with E-state index in [-0.39, 0.29) is 0 Å². The fourth-order valence-electron chi connectivity index (χ4n) is 2.78. The van der Waals surface area contributed by atoms with Gasteiger partial charge in [-0.2, -0.15) is 0 Å². The largest absolute Gasteiger partial charge is 0.316 e. The Morgan fingerprint density at radius 2 is 2.32 bits per heavy atom. The predicted octanol–water partition coefficient (Wildman–Crippen LogP) is 2.33. The summed E-state index contributed by atoms with van der Waals surface area (Å²) in [4.78, 5) is 7.02. The van der Waals surface area contributed by atoms with Crippen molar-refractivity contribution in [1.82, 2.24) is 15.2 Å². The topological polar surface area (TPSA) is 28.2 Å². The molecule has 0 aromatic carbocycles. The molecule has 1 aliphatic rings. The zero-order valence-electron chi connectivity index (χ0n) is 12.3. The van der Waals surface area contributed by atoms with Gasteiger partial charge in [0.15, 0.2) is 0 Å². The van der Waals surface area contributed by atoms with Crippen LogP contribution in [0.3, 0.4) is 0 Å². The van der Waals surface area contributed by atoms with Gasteiger partial charge in [0.1, 0.15) is 0 Å². The molecule has 3 heteroatoms. The molecule has 1 aromatic heterocycles. The number of rotatable bonds is 6. The van der Waals surface area contributed by atoms with Crippen molar-refractivity contribution in [2.75, 3.05) is 26.2 Å². The van der Waals surface area contributed by atoms with Gasteiger partial charge in [-0.25, -0.2) is 0 Å². The molecule has 1 atom stereocenters. The predicted molar refractivity (Wildman–Crippen MR) is 80.2 cm³/mol. The SMILES string of the molecule is CC(C)N(CCc1ccccn1)CC1CCCNC1. The van der Waals surface area contributed by atoms with E-state index >= 15 is 0 Å². The fourth-order valence-corrected chi connectivity index (χ4v) is 2.78. The smallest absolute Gasteiger partial charge is 0.0416 e. The third-order valence-electron chi connectivity index (χ3n) is 4.00. The van der Waals surface area contributed by atoms with Gasteiger partial charge in [-0.3, -0.25) is 4.98 Å². The normalized spacial score (nSPS) is 20.1. The summed E-state index contributed by atoms with van der Waals surface area (Å²) >= 11 is 0. The molecule has 3 nitrogen and oxygen atoms in total. The summed E-state index contributed by atoms with van der Waals surface area (Å²) in [7, 11) is 0. The second-order valence-corrected chi connectivity index (χ2v) is 5.87. The second-order valence-electron chi connectivity index (χ2n) is 5.87. The average molecular weight is 261 g/mol. The zero-order valence-corrected chi connectivity index (χ0v) is 12.3. The Morgan fingerprint density at radius 1 is 1.42 bits per heavy atom. The first-order valence-electron chi connectivity index (χ1n) is 7.60. The van der Waals surface area contributed by atoms with Crippen LogP contribution in [0.25, 0.3) is 0 Å². The minimum atomic E-state index is 0.616. The summed E-state index contributed by atoms with van der Waals surface area (Å²) in [5.74, 6) is 0.819. The van der Waals surface area contributed by atoms with Gasteiger partial charge in [-0.1, -0.05) is 6.07 Å². The Bertz CT molecular complexity index is 344. The number of piperidine rings is 1. The zero-order chi connectivity index (χ0) is 13.5. The Balaban J connectivity index is 1.82. The van der Waals surface area contributed by atoms with Gasteiger partial charge < -0.3 is 10.2 Å². The van der Waals surface area contributed by atoms with Gasteiger partial charge in [0.2, 0.25) is 0 Å². The lowest BCUT2D eigenvalue weighted by Gasteiger charge is -2.32. The molecule has 0 spiro atoms. The first-order valence-corrected chi connectivity index (χ1v) is 7.60. The molecule has 0 amide bonds. The molecule has 1 saturated heterocycles. The Morgan fingerprint density at radius 3 is 2.95 bits per heavy atom. The third kappa shape index (κ3) is 4.92. The minimum absolute atomic E-state index is 0.616. The van der Waals surface area contributed by atoms with E-state index < -0.39 is 0 Å². The van der Waals surface area contributed by atoms with Crippen LogP contribution in [0.2, 0.25) is 0 Å². The maximum atomic E-state index is 4.42.